The molecule has 4 heterocycles. The maximum Gasteiger partial charge on any atom is 0.292 e. The maximum absolute atomic E-state index is 13.3. The lowest BCUT2D eigenvalue weighted by atomic mass is 10.0. The highest BCUT2D eigenvalue weighted by Crippen LogP contribution is 2.37. The summed E-state index contributed by atoms with van der Waals surface area (Å²) in [7, 11) is 0. The van der Waals surface area contributed by atoms with E-state index in [0.29, 0.717) is 23.2 Å². The van der Waals surface area contributed by atoms with Crippen LogP contribution in [0.2, 0.25) is 0 Å². The molecule has 154 valence electrons. The molecule has 0 unspecified atom stereocenters. The zero-order valence-corrected chi connectivity index (χ0v) is 16.1. The number of imidazole rings is 1. The van der Waals surface area contributed by atoms with Crippen LogP contribution < -0.4 is 0 Å². The monoisotopic (exact) mass is 413 g/mol. The number of aromatic nitrogens is 4. The number of fused-ring (bicyclic) bond motifs is 2. The van der Waals surface area contributed by atoms with E-state index in [1.165, 1.54) is 11.2 Å². The van der Waals surface area contributed by atoms with Crippen LogP contribution in [0.5, 0.6) is 0 Å². The average molecular weight is 413 g/mol. The molecule has 0 radical (unpaired) electrons. The summed E-state index contributed by atoms with van der Waals surface area (Å²) in [5.41, 5.74) is 3.86. The van der Waals surface area contributed by atoms with E-state index >= 15 is 0 Å². The molecule has 10 heteroatoms. The Bertz CT molecular complexity index is 1220. The summed E-state index contributed by atoms with van der Waals surface area (Å²) < 4.78 is 37.7. The molecular weight excluding hydrogens is 396 g/mol. The second-order valence-electron chi connectivity index (χ2n) is 7.21. The van der Waals surface area contributed by atoms with Gasteiger partial charge in [0.05, 0.1) is 12.0 Å². The molecule has 5 rings (SSSR count). The second-order valence-corrected chi connectivity index (χ2v) is 7.21. The first kappa shape index (κ1) is 18.5. The van der Waals surface area contributed by atoms with Gasteiger partial charge in [-0.1, -0.05) is 12.1 Å². The summed E-state index contributed by atoms with van der Waals surface area (Å²) in [5, 5.41) is 0. The van der Waals surface area contributed by atoms with Crippen LogP contribution in [0.25, 0.3) is 11.1 Å². The molecule has 0 fully saturated rings. The second kappa shape index (κ2) is 6.75. The van der Waals surface area contributed by atoms with Crippen molar-refractivity contribution in [2.45, 2.75) is 32.7 Å². The molecule has 30 heavy (non-hydrogen) atoms. The molecular formula is C20H17F2N5O3. The maximum atomic E-state index is 13.3. The first-order chi connectivity index (χ1) is 14.5. The highest BCUT2D eigenvalue weighted by atomic mass is 19.3. The Kier molecular flexibility index (Phi) is 4.16. The number of hydrogen-bond acceptors (Lipinski definition) is 6. The van der Waals surface area contributed by atoms with Crippen LogP contribution in [0.4, 0.5) is 8.78 Å². The first-order valence-electron chi connectivity index (χ1n) is 9.37. The van der Waals surface area contributed by atoms with Crippen molar-refractivity contribution in [3.63, 3.8) is 0 Å². The number of rotatable bonds is 3. The summed E-state index contributed by atoms with van der Waals surface area (Å²) in [4.78, 5) is 30.2. The van der Waals surface area contributed by atoms with E-state index in [1.807, 2.05) is 26.0 Å². The van der Waals surface area contributed by atoms with E-state index in [0.717, 1.165) is 23.2 Å². The van der Waals surface area contributed by atoms with Gasteiger partial charge >= 0.3 is 0 Å². The number of aryl methyl sites for hydroxylation is 2. The molecule has 1 aromatic carbocycles. The van der Waals surface area contributed by atoms with Crippen LogP contribution in [-0.2, 0) is 6.42 Å². The van der Waals surface area contributed by atoms with Crippen LogP contribution in [-0.4, -0.2) is 37.3 Å². The van der Waals surface area contributed by atoms with Gasteiger partial charge < -0.3 is 18.7 Å². The largest absolute Gasteiger partial charge is 0.438 e. The van der Waals surface area contributed by atoms with Gasteiger partial charge in [0.15, 0.2) is 23.7 Å². The van der Waals surface area contributed by atoms with Gasteiger partial charge in [-0.05, 0) is 25.0 Å². The predicted octanol–water partition coefficient (Wildman–Crippen LogP) is 3.88. The molecule has 0 bridgehead atoms. The van der Waals surface area contributed by atoms with Crippen molar-refractivity contribution in [2.75, 3.05) is 6.54 Å². The van der Waals surface area contributed by atoms with Gasteiger partial charge in [0.1, 0.15) is 5.52 Å². The predicted molar refractivity (Wildman–Crippen MR) is 100 cm³/mol. The van der Waals surface area contributed by atoms with Gasteiger partial charge in [0.2, 0.25) is 11.7 Å². The van der Waals surface area contributed by atoms with Gasteiger partial charge in [-0.15, -0.1) is 0 Å². The highest BCUT2D eigenvalue weighted by molar-refractivity contribution is 5.93. The van der Waals surface area contributed by atoms with Crippen molar-refractivity contribution >= 4 is 17.0 Å². The fourth-order valence-corrected chi connectivity index (χ4v) is 3.84. The first-order valence-corrected chi connectivity index (χ1v) is 9.37. The number of amides is 1. The molecule has 1 amide bonds. The summed E-state index contributed by atoms with van der Waals surface area (Å²) in [6.45, 7) is 4.07. The lowest BCUT2D eigenvalue weighted by Crippen LogP contribution is -2.41. The van der Waals surface area contributed by atoms with E-state index in [-0.39, 0.29) is 12.4 Å². The minimum atomic E-state index is -2.93. The van der Waals surface area contributed by atoms with Crippen molar-refractivity contribution in [3.8, 4) is 0 Å². The number of nitrogens with one attached hydrogen (secondary N) is 1. The van der Waals surface area contributed by atoms with Crippen molar-refractivity contribution in [3.05, 3.63) is 64.7 Å². The molecule has 0 saturated heterocycles. The zero-order chi connectivity index (χ0) is 21.0. The van der Waals surface area contributed by atoms with Gasteiger partial charge in [-0.2, -0.15) is 0 Å². The number of halogens is 2. The molecule has 0 aliphatic carbocycles. The molecule has 4 aromatic rings. The summed E-state index contributed by atoms with van der Waals surface area (Å²) >= 11 is 0. The summed E-state index contributed by atoms with van der Waals surface area (Å²) in [6, 6.07) is 3.09. The van der Waals surface area contributed by atoms with E-state index in [1.54, 1.807) is 0 Å². The SMILES string of the molecule is Cc1ccc(C)c2oc([C@@H]3c4nc[nH]c4CCN3C(=O)c3ocnc3C(F)F)nc12. The Labute approximate surface area is 168 Å². The van der Waals surface area contributed by atoms with Crippen LogP contribution >= 0.6 is 0 Å². The molecule has 0 saturated carbocycles. The third-order valence-electron chi connectivity index (χ3n) is 5.37. The van der Waals surface area contributed by atoms with Gasteiger partial charge in [-0.25, -0.2) is 23.7 Å². The van der Waals surface area contributed by atoms with E-state index in [4.69, 9.17) is 8.83 Å². The van der Waals surface area contributed by atoms with Crippen molar-refractivity contribution in [2.24, 2.45) is 0 Å². The molecule has 1 N–H and O–H groups in total. The molecule has 1 aliphatic rings. The standard InChI is InChI=1S/C20H17F2N5O3/c1-9-3-4-10(2)16-12(9)26-19(30-16)15-13-11(23-7-24-13)5-6-27(15)20(28)17-14(18(21)22)25-8-29-17/h3-4,7-8,15,18H,5-6H2,1-2H3,(H,23,24)/t15-/m0/s1. The number of H-pyrrole nitrogens is 1. The Balaban J connectivity index is 1.65. The number of alkyl halides is 2. The minimum absolute atomic E-state index is 0.249. The number of oxazole rings is 2. The fraction of sp³-hybridized carbons (Fsp3) is 0.300. The Hall–Kier alpha value is -3.56. The smallest absolute Gasteiger partial charge is 0.292 e. The number of aromatic amines is 1. The van der Waals surface area contributed by atoms with Crippen LogP contribution in [0.1, 0.15) is 57.1 Å². The molecule has 1 atom stereocenters. The van der Waals surface area contributed by atoms with Gasteiger partial charge in [-0.3, -0.25) is 4.79 Å². The third-order valence-corrected chi connectivity index (χ3v) is 5.37. The van der Waals surface area contributed by atoms with E-state index in [9.17, 15) is 13.6 Å². The Morgan fingerprint density at radius 2 is 2.07 bits per heavy atom. The third kappa shape index (κ3) is 2.71. The molecule has 1 aliphatic heterocycles. The van der Waals surface area contributed by atoms with Crippen molar-refractivity contribution in [1.82, 2.24) is 24.8 Å². The topological polar surface area (TPSA) is 101 Å². The Morgan fingerprint density at radius 3 is 2.83 bits per heavy atom. The van der Waals surface area contributed by atoms with E-state index in [2.05, 4.69) is 19.9 Å². The van der Waals surface area contributed by atoms with Crippen LogP contribution in [0, 0.1) is 13.8 Å². The quantitative estimate of drug-likeness (QED) is 0.547. The lowest BCUT2D eigenvalue weighted by molar-refractivity contribution is 0.0620. The summed E-state index contributed by atoms with van der Waals surface area (Å²) in [5.74, 6) is -0.934. The zero-order valence-electron chi connectivity index (χ0n) is 16.1. The minimum Gasteiger partial charge on any atom is -0.438 e. The molecule has 8 nitrogen and oxygen atoms in total. The Morgan fingerprint density at radius 1 is 1.27 bits per heavy atom. The fourth-order valence-electron chi connectivity index (χ4n) is 3.84. The number of benzene rings is 1. The molecule has 3 aromatic heterocycles. The molecule has 0 spiro atoms. The van der Waals surface area contributed by atoms with Crippen molar-refractivity contribution < 1.29 is 22.4 Å². The highest BCUT2D eigenvalue weighted by Gasteiger charge is 2.40. The number of carbonyl (C=O) groups is 1. The van der Waals surface area contributed by atoms with E-state index < -0.39 is 29.8 Å². The lowest BCUT2D eigenvalue weighted by Gasteiger charge is -2.32. The van der Waals surface area contributed by atoms with Gasteiger partial charge in [0.25, 0.3) is 12.3 Å². The number of carbonyl (C=O) groups excluding carboxylic acids is 1. The van der Waals surface area contributed by atoms with Crippen LogP contribution in [0.15, 0.2) is 33.7 Å². The number of hydrogen-bond donors (Lipinski definition) is 1. The van der Waals surface area contributed by atoms with Crippen LogP contribution in [0.3, 0.4) is 0 Å². The van der Waals surface area contributed by atoms with Gasteiger partial charge in [0, 0.05) is 18.7 Å². The average Bonchev–Trinajstić information content (AvgIpc) is 3.48. The number of nitrogens with zero attached hydrogens (tertiary/aromatic N) is 4. The normalized spacial score (nSPS) is 16.4. The summed E-state index contributed by atoms with van der Waals surface area (Å²) in [6.07, 6.45) is -0.0704. The van der Waals surface area contributed by atoms with Crippen molar-refractivity contribution in [1.29, 1.82) is 0 Å².